The molecule has 0 aromatic rings. The van der Waals surface area contributed by atoms with E-state index in [2.05, 4.69) is 38.2 Å². The molecular weight excluding hydrogens is 852 g/mol. The monoisotopic (exact) mass is 947 g/mol. The minimum absolute atomic E-state index is 0.0950. The van der Waals surface area contributed by atoms with Gasteiger partial charge in [-0.1, -0.05) is 179 Å². The van der Waals surface area contributed by atoms with Gasteiger partial charge in [-0.05, 0) is 64.2 Å². The number of aliphatic hydroxyl groups excluding tert-OH is 5. The molecule has 0 spiro atoms. The van der Waals surface area contributed by atoms with Crippen molar-refractivity contribution in [3.63, 3.8) is 0 Å². The van der Waals surface area contributed by atoms with E-state index in [1.165, 1.54) is 122 Å². The van der Waals surface area contributed by atoms with Crippen LogP contribution in [0.2, 0.25) is 0 Å². The molecule has 382 valence electrons. The molecule has 1 saturated carbocycles. The number of phosphoric acid groups is 1. The highest BCUT2D eigenvalue weighted by Gasteiger charge is 2.51. The zero-order valence-electron chi connectivity index (χ0n) is 40.8. The maximum Gasteiger partial charge on any atom is 0.472 e. The van der Waals surface area contributed by atoms with E-state index in [9.17, 15) is 44.6 Å². The van der Waals surface area contributed by atoms with E-state index in [0.29, 0.717) is 12.8 Å². The molecule has 1 aliphatic carbocycles. The van der Waals surface area contributed by atoms with Crippen LogP contribution in [-0.2, 0) is 32.7 Å². The first-order valence-corrected chi connectivity index (χ1v) is 27.6. The normalized spacial score (nSPS) is 21.5. The minimum atomic E-state index is -5.12. The molecule has 0 bridgehead atoms. The van der Waals surface area contributed by atoms with Gasteiger partial charge in [0.25, 0.3) is 0 Å². The highest BCUT2D eigenvalue weighted by Crippen LogP contribution is 2.47. The maximum atomic E-state index is 12.8. The van der Waals surface area contributed by atoms with Crippen LogP contribution >= 0.6 is 7.82 Å². The second-order valence-corrected chi connectivity index (χ2v) is 19.8. The molecule has 6 unspecified atom stereocenters. The minimum Gasteiger partial charge on any atom is -0.462 e. The van der Waals surface area contributed by atoms with E-state index in [-0.39, 0.29) is 12.8 Å². The Labute approximate surface area is 394 Å². The first kappa shape index (κ1) is 61.3. The SMILES string of the molecule is CCCCCCCC/C=C\CCCCCCCC(=O)OCC(COP(=O)(O)OC1C(O)C(O)C(O)C(O)C1O)OC(=O)CCCCCCCCCCC/C=C\CCCCCCCCCC. The van der Waals surface area contributed by atoms with Crippen LogP contribution in [0, 0.1) is 0 Å². The molecule has 14 heteroatoms. The highest BCUT2D eigenvalue weighted by molar-refractivity contribution is 7.47. The molecule has 6 atom stereocenters. The third-order valence-corrected chi connectivity index (χ3v) is 13.3. The van der Waals surface area contributed by atoms with Crippen molar-refractivity contribution >= 4 is 19.8 Å². The van der Waals surface area contributed by atoms with Gasteiger partial charge in [0.05, 0.1) is 6.61 Å². The van der Waals surface area contributed by atoms with Crippen molar-refractivity contribution in [2.45, 2.75) is 275 Å². The predicted molar refractivity (Wildman–Crippen MR) is 258 cm³/mol. The topological polar surface area (TPSA) is 210 Å². The second kappa shape index (κ2) is 41.3. The summed E-state index contributed by atoms with van der Waals surface area (Å²) in [6.07, 6.45) is 33.7. The van der Waals surface area contributed by atoms with E-state index in [0.717, 1.165) is 70.6 Å². The number of esters is 2. The summed E-state index contributed by atoms with van der Waals surface area (Å²) in [5.74, 6) is -1.10. The Kier molecular flexibility index (Phi) is 39.0. The van der Waals surface area contributed by atoms with Gasteiger partial charge in [-0.2, -0.15) is 0 Å². The predicted octanol–water partition coefficient (Wildman–Crippen LogP) is 11.2. The largest absolute Gasteiger partial charge is 0.472 e. The van der Waals surface area contributed by atoms with Crippen LogP contribution in [0.3, 0.4) is 0 Å². The Morgan fingerprint density at radius 2 is 0.785 bits per heavy atom. The van der Waals surface area contributed by atoms with E-state index >= 15 is 0 Å². The summed E-state index contributed by atoms with van der Waals surface area (Å²) in [7, 11) is -5.12. The maximum absolute atomic E-state index is 12.8. The number of unbranched alkanes of at least 4 members (excludes halogenated alkanes) is 28. The lowest BCUT2D eigenvalue weighted by Gasteiger charge is -2.41. The fourth-order valence-corrected chi connectivity index (χ4v) is 9.02. The number of ether oxygens (including phenoxy) is 2. The molecule has 1 fully saturated rings. The standard InChI is InChI=1S/C51H95O13P/c1-3-5-7-9-11-13-15-17-19-20-21-22-23-24-26-28-30-32-34-36-38-40-45(53)63-43(42-62-65(59,60)64-51-49(57)47(55)46(54)48(56)50(51)58)41-61-44(52)39-37-35-33-31-29-27-25-18-16-14-12-10-8-6-4-2/h18,20-21,25,43,46-51,54-58H,3-17,19,22-24,26-42H2,1-2H3,(H,59,60)/b21-20-,25-18-. The van der Waals surface area contributed by atoms with Crippen molar-refractivity contribution in [1.29, 1.82) is 0 Å². The molecule has 0 aromatic carbocycles. The van der Waals surface area contributed by atoms with Crippen molar-refractivity contribution in [3.8, 4) is 0 Å². The van der Waals surface area contributed by atoms with Crippen LogP contribution in [0.25, 0.3) is 0 Å². The molecule has 0 amide bonds. The lowest BCUT2D eigenvalue weighted by atomic mass is 9.85. The van der Waals surface area contributed by atoms with Gasteiger partial charge in [-0.3, -0.25) is 18.6 Å². The number of hydrogen-bond donors (Lipinski definition) is 6. The van der Waals surface area contributed by atoms with Crippen LogP contribution in [0.1, 0.15) is 232 Å². The van der Waals surface area contributed by atoms with Crippen LogP contribution in [-0.4, -0.2) is 98.3 Å². The first-order valence-electron chi connectivity index (χ1n) is 26.1. The average molecular weight is 947 g/mol. The van der Waals surface area contributed by atoms with Crippen LogP contribution in [0.5, 0.6) is 0 Å². The van der Waals surface area contributed by atoms with Crippen molar-refractivity contribution in [3.05, 3.63) is 24.3 Å². The van der Waals surface area contributed by atoms with Gasteiger partial charge in [0.15, 0.2) is 6.10 Å². The molecule has 6 N–H and O–H groups in total. The van der Waals surface area contributed by atoms with Crippen molar-refractivity contribution in [1.82, 2.24) is 0 Å². The molecular formula is C51H95O13P. The van der Waals surface area contributed by atoms with E-state index in [1.807, 2.05) is 0 Å². The molecule has 0 saturated heterocycles. The van der Waals surface area contributed by atoms with Crippen molar-refractivity contribution < 1.29 is 63.1 Å². The first-order chi connectivity index (χ1) is 31.4. The Hall–Kier alpha value is -1.67. The van der Waals surface area contributed by atoms with Crippen LogP contribution < -0.4 is 0 Å². The van der Waals surface area contributed by atoms with Crippen molar-refractivity contribution in [2.75, 3.05) is 13.2 Å². The van der Waals surface area contributed by atoms with Crippen LogP contribution in [0.4, 0.5) is 0 Å². The zero-order valence-corrected chi connectivity index (χ0v) is 41.7. The number of carbonyl (C=O) groups is 2. The number of rotatable bonds is 44. The Morgan fingerprint density at radius 3 is 1.17 bits per heavy atom. The zero-order chi connectivity index (χ0) is 47.8. The molecule has 0 aromatic heterocycles. The van der Waals surface area contributed by atoms with Crippen molar-refractivity contribution in [2.24, 2.45) is 0 Å². The summed E-state index contributed by atoms with van der Waals surface area (Å²) < 4.78 is 33.6. The Balaban J connectivity index is 2.38. The molecule has 65 heavy (non-hydrogen) atoms. The molecule has 1 aliphatic rings. The lowest BCUT2D eigenvalue weighted by molar-refractivity contribution is -0.220. The summed E-state index contributed by atoms with van der Waals surface area (Å²) in [6.45, 7) is 3.32. The van der Waals surface area contributed by atoms with E-state index in [1.54, 1.807) is 0 Å². The van der Waals surface area contributed by atoms with E-state index in [4.69, 9.17) is 18.5 Å². The molecule has 0 radical (unpaired) electrons. The molecule has 0 heterocycles. The number of aliphatic hydroxyl groups is 5. The second-order valence-electron chi connectivity index (χ2n) is 18.4. The third kappa shape index (κ3) is 33.5. The van der Waals surface area contributed by atoms with E-state index < -0.39 is 75.7 Å². The summed E-state index contributed by atoms with van der Waals surface area (Å²) in [5, 5.41) is 50.3. The number of phosphoric ester groups is 1. The average Bonchev–Trinajstić information content (AvgIpc) is 3.29. The fourth-order valence-electron chi connectivity index (χ4n) is 8.04. The van der Waals surface area contributed by atoms with Gasteiger partial charge in [0, 0.05) is 12.8 Å². The summed E-state index contributed by atoms with van der Waals surface area (Å²) in [5.41, 5.74) is 0. The van der Waals surface area contributed by atoms with Gasteiger partial charge in [-0.15, -0.1) is 0 Å². The Bertz CT molecular complexity index is 1230. The Morgan fingerprint density at radius 1 is 0.462 bits per heavy atom. The van der Waals surface area contributed by atoms with Gasteiger partial charge in [0.2, 0.25) is 0 Å². The van der Waals surface area contributed by atoms with Gasteiger partial charge < -0.3 is 39.9 Å². The van der Waals surface area contributed by atoms with Gasteiger partial charge >= 0.3 is 19.8 Å². The van der Waals surface area contributed by atoms with Gasteiger partial charge in [0.1, 0.15) is 43.2 Å². The molecule has 0 aliphatic heterocycles. The fraction of sp³-hybridized carbons (Fsp3) is 0.882. The smallest absolute Gasteiger partial charge is 0.462 e. The number of carbonyl (C=O) groups excluding carboxylic acids is 2. The molecule has 13 nitrogen and oxygen atoms in total. The summed E-state index contributed by atoms with van der Waals surface area (Å²) >= 11 is 0. The lowest BCUT2D eigenvalue weighted by Crippen LogP contribution is -2.64. The quantitative estimate of drug-likeness (QED) is 0.0146. The summed E-state index contributed by atoms with van der Waals surface area (Å²) in [4.78, 5) is 35.8. The molecule has 1 rings (SSSR count). The van der Waals surface area contributed by atoms with Gasteiger partial charge in [-0.25, -0.2) is 4.57 Å². The highest BCUT2D eigenvalue weighted by atomic mass is 31.2. The number of allylic oxidation sites excluding steroid dienone is 4. The number of hydrogen-bond acceptors (Lipinski definition) is 12. The van der Waals surface area contributed by atoms with Crippen LogP contribution in [0.15, 0.2) is 24.3 Å². The third-order valence-electron chi connectivity index (χ3n) is 12.3. The summed E-state index contributed by atoms with van der Waals surface area (Å²) in [6, 6.07) is 0.